The quantitative estimate of drug-likeness (QED) is 0.861. The number of hydrogen-bond donors (Lipinski definition) is 1. The third-order valence-corrected chi connectivity index (χ3v) is 2.29. The molecule has 0 atom stereocenters. The first-order valence-corrected chi connectivity index (χ1v) is 4.75. The second-order valence-corrected chi connectivity index (χ2v) is 3.53. The molecular formula is C11H13F2NO2. The molecule has 1 N–H and O–H groups in total. The predicted octanol–water partition coefficient (Wildman–Crippen LogP) is 2.04. The average molecular weight is 229 g/mol. The van der Waals surface area contributed by atoms with Gasteiger partial charge >= 0.3 is 0 Å². The monoisotopic (exact) mass is 229 g/mol. The molecule has 0 saturated heterocycles. The fourth-order valence-electron chi connectivity index (χ4n) is 1.35. The van der Waals surface area contributed by atoms with Crippen molar-refractivity contribution in [2.24, 2.45) is 0 Å². The second kappa shape index (κ2) is 4.92. The first-order chi connectivity index (χ1) is 7.43. The van der Waals surface area contributed by atoms with Gasteiger partial charge in [0.05, 0.1) is 6.54 Å². The van der Waals surface area contributed by atoms with Gasteiger partial charge < -0.3 is 10.0 Å². The van der Waals surface area contributed by atoms with E-state index in [4.69, 9.17) is 0 Å². The van der Waals surface area contributed by atoms with Gasteiger partial charge in [0, 0.05) is 18.2 Å². The van der Waals surface area contributed by atoms with Crippen LogP contribution < -0.4 is 0 Å². The van der Waals surface area contributed by atoms with Crippen LogP contribution in [0, 0.1) is 6.92 Å². The lowest BCUT2D eigenvalue weighted by atomic mass is 10.1. The smallest absolute Gasteiger partial charge is 0.255 e. The Kier molecular flexibility index (Phi) is 3.82. The Morgan fingerprint density at radius 1 is 1.50 bits per heavy atom. The third kappa shape index (κ3) is 2.68. The van der Waals surface area contributed by atoms with Crippen LogP contribution in [0.25, 0.3) is 0 Å². The Morgan fingerprint density at radius 2 is 2.12 bits per heavy atom. The normalized spacial score (nSPS) is 10.6. The maximum absolute atomic E-state index is 12.1. The largest absolute Gasteiger partial charge is 0.508 e. The fourth-order valence-corrected chi connectivity index (χ4v) is 1.35. The van der Waals surface area contributed by atoms with Gasteiger partial charge in [0.15, 0.2) is 0 Å². The van der Waals surface area contributed by atoms with Gasteiger partial charge in [-0.15, -0.1) is 0 Å². The zero-order valence-electron chi connectivity index (χ0n) is 9.08. The number of phenolic OH excluding ortho intramolecular Hbond substituents is 1. The number of aromatic hydroxyl groups is 1. The molecule has 3 nitrogen and oxygen atoms in total. The van der Waals surface area contributed by atoms with Crippen molar-refractivity contribution in [1.29, 1.82) is 0 Å². The highest BCUT2D eigenvalue weighted by Gasteiger charge is 2.18. The molecule has 1 rings (SSSR count). The van der Waals surface area contributed by atoms with Gasteiger partial charge in [0.25, 0.3) is 12.3 Å². The molecule has 0 aromatic heterocycles. The molecular weight excluding hydrogens is 216 g/mol. The molecule has 0 aliphatic heterocycles. The van der Waals surface area contributed by atoms with Crippen LogP contribution in [-0.4, -0.2) is 35.9 Å². The standard InChI is InChI=1S/C11H13F2NO2/c1-7-8(4-3-5-9(7)15)11(16)14(2)6-10(12)13/h3-5,10,15H,6H2,1-2H3. The Labute approximate surface area is 92.3 Å². The van der Waals surface area contributed by atoms with E-state index in [0.29, 0.717) is 5.56 Å². The lowest BCUT2D eigenvalue weighted by Gasteiger charge is -2.17. The fraction of sp³-hybridized carbons (Fsp3) is 0.364. The van der Waals surface area contributed by atoms with Gasteiger partial charge in [-0.3, -0.25) is 4.79 Å². The van der Waals surface area contributed by atoms with E-state index in [1.165, 1.54) is 25.2 Å². The number of amides is 1. The van der Waals surface area contributed by atoms with E-state index in [0.717, 1.165) is 4.90 Å². The van der Waals surface area contributed by atoms with Crippen molar-refractivity contribution in [3.63, 3.8) is 0 Å². The van der Waals surface area contributed by atoms with Crippen molar-refractivity contribution in [3.8, 4) is 5.75 Å². The SMILES string of the molecule is Cc1c(O)cccc1C(=O)N(C)CC(F)F. The van der Waals surface area contributed by atoms with E-state index in [-0.39, 0.29) is 11.3 Å². The van der Waals surface area contributed by atoms with E-state index in [2.05, 4.69) is 0 Å². The van der Waals surface area contributed by atoms with Crippen LogP contribution in [0.1, 0.15) is 15.9 Å². The Bertz CT molecular complexity index is 394. The molecule has 0 unspecified atom stereocenters. The molecule has 1 aromatic carbocycles. The summed E-state index contributed by atoms with van der Waals surface area (Å²) in [6.45, 7) is 0.951. The number of hydrogen-bond acceptors (Lipinski definition) is 2. The van der Waals surface area contributed by atoms with Gasteiger partial charge in [-0.25, -0.2) is 8.78 Å². The Balaban J connectivity index is 2.92. The molecule has 0 saturated carbocycles. The van der Waals surface area contributed by atoms with Crippen LogP contribution in [0.2, 0.25) is 0 Å². The van der Waals surface area contributed by atoms with Gasteiger partial charge in [-0.05, 0) is 19.1 Å². The number of carbonyl (C=O) groups is 1. The highest BCUT2D eigenvalue weighted by atomic mass is 19.3. The summed E-state index contributed by atoms with van der Waals surface area (Å²) in [4.78, 5) is 12.7. The van der Waals surface area contributed by atoms with E-state index in [9.17, 15) is 18.7 Å². The van der Waals surface area contributed by atoms with Crippen LogP contribution in [-0.2, 0) is 0 Å². The topological polar surface area (TPSA) is 40.5 Å². The maximum atomic E-state index is 12.1. The lowest BCUT2D eigenvalue weighted by molar-refractivity contribution is 0.0619. The van der Waals surface area contributed by atoms with Gasteiger partial charge in [-0.1, -0.05) is 6.07 Å². The highest BCUT2D eigenvalue weighted by Crippen LogP contribution is 2.20. The molecule has 1 amide bonds. The second-order valence-electron chi connectivity index (χ2n) is 3.53. The molecule has 16 heavy (non-hydrogen) atoms. The van der Waals surface area contributed by atoms with Crippen molar-refractivity contribution >= 4 is 5.91 Å². The number of benzene rings is 1. The van der Waals surface area contributed by atoms with Crippen molar-refractivity contribution in [2.75, 3.05) is 13.6 Å². The molecule has 0 spiro atoms. The van der Waals surface area contributed by atoms with Crippen molar-refractivity contribution in [3.05, 3.63) is 29.3 Å². The van der Waals surface area contributed by atoms with Gasteiger partial charge in [0.1, 0.15) is 5.75 Å². The number of nitrogens with zero attached hydrogens (tertiary/aromatic N) is 1. The molecule has 1 aromatic rings. The van der Waals surface area contributed by atoms with Gasteiger partial charge in [-0.2, -0.15) is 0 Å². The lowest BCUT2D eigenvalue weighted by Crippen LogP contribution is -2.31. The summed E-state index contributed by atoms with van der Waals surface area (Å²) in [6.07, 6.45) is -2.56. The Morgan fingerprint density at radius 3 is 2.69 bits per heavy atom. The Hall–Kier alpha value is -1.65. The molecule has 0 radical (unpaired) electrons. The van der Waals surface area contributed by atoms with Crippen LogP contribution in [0.4, 0.5) is 8.78 Å². The predicted molar refractivity (Wildman–Crippen MR) is 55.8 cm³/mol. The molecule has 0 aliphatic rings. The summed E-state index contributed by atoms with van der Waals surface area (Å²) in [7, 11) is 1.30. The van der Waals surface area contributed by atoms with E-state index < -0.39 is 18.9 Å². The number of carbonyl (C=O) groups excluding carboxylic acids is 1. The van der Waals surface area contributed by atoms with E-state index in [1.54, 1.807) is 6.92 Å². The molecule has 0 fully saturated rings. The molecule has 0 aliphatic carbocycles. The highest BCUT2D eigenvalue weighted by molar-refractivity contribution is 5.96. The molecule has 0 heterocycles. The molecule has 5 heteroatoms. The van der Waals surface area contributed by atoms with Crippen LogP contribution in [0.15, 0.2) is 18.2 Å². The van der Waals surface area contributed by atoms with Crippen molar-refractivity contribution < 1.29 is 18.7 Å². The number of alkyl halides is 2. The zero-order chi connectivity index (χ0) is 12.3. The minimum atomic E-state index is -2.56. The van der Waals surface area contributed by atoms with Crippen LogP contribution in [0.3, 0.4) is 0 Å². The summed E-state index contributed by atoms with van der Waals surface area (Å²) in [5.74, 6) is -0.537. The summed E-state index contributed by atoms with van der Waals surface area (Å²) >= 11 is 0. The first kappa shape index (κ1) is 12.4. The van der Waals surface area contributed by atoms with Crippen LogP contribution >= 0.6 is 0 Å². The maximum Gasteiger partial charge on any atom is 0.255 e. The number of halogens is 2. The third-order valence-electron chi connectivity index (χ3n) is 2.29. The molecule has 0 bridgehead atoms. The van der Waals surface area contributed by atoms with Gasteiger partial charge in [0.2, 0.25) is 0 Å². The van der Waals surface area contributed by atoms with Crippen molar-refractivity contribution in [2.45, 2.75) is 13.3 Å². The number of rotatable bonds is 3. The number of phenols is 1. The minimum Gasteiger partial charge on any atom is -0.508 e. The zero-order valence-corrected chi connectivity index (χ0v) is 9.08. The average Bonchev–Trinajstić information content (AvgIpc) is 2.20. The summed E-state index contributed by atoms with van der Waals surface area (Å²) in [6, 6.07) is 4.45. The van der Waals surface area contributed by atoms with E-state index >= 15 is 0 Å². The summed E-state index contributed by atoms with van der Waals surface area (Å²) < 4.78 is 24.2. The molecule has 88 valence electrons. The van der Waals surface area contributed by atoms with Crippen LogP contribution in [0.5, 0.6) is 5.75 Å². The summed E-state index contributed by atoms with van der Waals surface area (Å²) in [5, 5.41) is 9.39. The van der Waals surface area contributed by atoms with E-state index in [1.807, 2.05) is 0 Å². The summed E-state index contributed by atoms with van der Waals surface area (Å²) in [5.41, 5.74) is 0.636. The first-order valence-electron chi connectivity index (χ1n) is 4.75. The minimum absolute atomic E-state index is 0.0173. The van der Waals surface area contributed by atoms with Crippen molar-refractivity contribution in [1.82, 2.24) is 4.90 Å².